The van der Waals surface area contributed by atoms with E-state index in [2.05, 4.69) is 17.1 Å². The summed E-state index contributed by atoms with van der Waals surface area (Å²) in [5.41, 5.74) is 2.38. The second-order valence-corrected chi connectivity index (χ2v) is 8.78. The predicted molar refractivity (Wildman–Crippen MR) is 114 cm³/mol. The fourth-order valence-corrected chi connectivity index (χ4v) is 4.62. The Morgan fingerprint density at radius 3 is 2.50 bits per heavy atom. The van der Waals surface area contributed by atoms with Gasteiger partial charge in [0.25, 0.3) is 11.8 Å². The lowest BCUT2D eigenvalue weighted by Crippen LogP contribution is -2.35. The lowest BCUT2D eigenvalue weighted by Gasteiger charge is -2.34. The summed E-state index contributed by atoms with van der Waals surface area (Å²) in [4.78, 5) is 30.6. The van der Waals surface area contributed by atoms with Gasteiger partial charge < -0.3 is 15.1 Å². The molecule has 2 fully saturated rings. The minimum Gasteiger partial charge on any atom is -0.371 e. The molecule has 1 N–H and O–H groups in total. The van der Waals surface area contributed by atoms with E-state index in [4.69, 9.17) is 0 Å². The van der Waals surface area contributed by atoms with Crippen LogP contribution >= 0.6 is 11.3 Å². The fourth-order valence-electron chi connectivity index (χ4n) is 4.00. The van der Waals surface area contributed by atoms with Crippen LogP contribution in [-0.2, 0) is 0 Å². The highest BCUT2D eigenvalue weighted by Gasteiger charge is 2.26. The van der Waals surface area contributed by atoms with E-state index in [1.165, 1.54) is 11.3 Å². The Labute approximate surface area is 170 Å². The third-order valence-electron chi connectivity index (χ3n) is 5.75. The number of anilines is 2. The number of piperidine rings is 1. The summed E-state index contributed by atoms with van der Waals surface area (Å²) >= 11 is 1.41. The van der Waals surface area contributed by atoms with E-state index in [-0.39, 0.29) is 11.8 Å². The number of amides is 2. The van der Waals surface area contributed by atoms with Gasteiger partial charge in [-0.05, 0) is 61.2 Å². The highest BCUT2D eigenvalue weighted by Crippen LogP contribution is 2.30. The van der Waals surface area contributed by atoms with Gasteiger partial charge in [-0.3, -0.25) is 9.59 Å². The maximum atomic E-state index is 13.2. The SMILES string of the molecule is CC1CCN(c2ccc(NC(=O)c3cccs3)cc2C(=O)N2CCCC2)CC1. The van der Waals surface area contributed by atoms with Crippen molar-refractivity contribution in [2.45, 2.75) is 32.6 Å². The normalized spacial score (nSPS) is 17.8. The molecule has 2 saturated heterocycles. The van der Waals surface area contributed by atoms with Crippen LogP contribution in [0.1, 0.15) is 52.6 Å². The number of benzene rings is 1. The quantitative estimate of drug-likeness (QED) is 0.828. The molecule has 6 heteroatoms. The first-order chi connectivity index (χ1) is 13.6. The summed E-state index contributed by atoms with van der Waals surface area (Å²) in [5, 5.41) is 4.84. The van der Waals surface area contributed by atoms with Crippen LogP contribution in [0.4, 0.5) is 11.4 Å². The number of hydrogen-bond acceptors (Lipinski definition) is 4. The van der Waals surface area contributed by atoms with Crippen molar-refractivity contribution < 1.29 is 9.59 Å². The Morgan fingerprint density at radius 2 is 1.82 bits per heavy atom. The van der Waals surface area contributed by atoms with Gasteiger partial charge in [0, 0.05) is 37.6 Å². The van der Waals surface area contributed by atoms with Gasteiger partial charge in [0.05, 0.1) is 10.4 Å². The number of nitrogens with one attached hydrogen (secondary N) is 1. The van der Waals surface area contributed by atoms with Gasteiger partial charge in [0.2, 0.25) is 0 Å². The number of thiophene rings is 1. The van der Waals surface area contributed by atoms with Crippen LogP contribution in [-0.4, -0.2) is 42.9 Å². The average molecular weight is 398 g/mol. The highest BCUT2D eigenvalue weighted by molar-refractivity contribution is 7.12. The Balaban J connectivity index is 1.61. The number of carbonyl (C=O) groups is 2. The van der Waals surface area contributed by atoms with Crippen molar-refractivity contribution in [3.63, 3.8) is 0 Å². The molecule has 2 aliphatic rings. The highest BCUT2D eigenvalue weighted by atomic mass is 32.1. The van der Waals surface area contributed by atoms with Crippen molar-refractivity contribution >= 4 is 34.5 Å². The third kappa shape index (κ3) is 4.07. The average Bonchev–Trinajstić information content (AvgIpc) is 3.42. The molecule has 28 heavy (non-hydrogen) atoms. The second-order valence-electron chi connectivity index (χ2n) is 7.83. The zero-order chi connectivity index (χ0) is 19.5. The summed E-state index contributed by atoms with van der Waals surface area (Å²) in [6.07, 6.45) is 4.43. The molecule has 1 aromatic carbocycles. The fraction of sp³-hybridized carbons (Fsp3) is 0.455. The van der Waals surface area contributed by atoms with Gasteiger partial charge in [-0.1, -0.05) is 13.0 Å². The minimum absolute atomic E-state index is 0.0818. The van der Waals surface area contributed by atoms with Crippen LogP contribution in [0.25, 0.3) is 0 Å². The molecule has 0 radical (unpaired) electrons. The molecular weight excluding hydrogens is 370 g/mol. The monoisotopic (exact) mass is 397 g/mol. The molecular formula is C22H27N3O2S. The lowest BCUT2D eigenvalue weighted by molar-refractivity contribution is 0.0793. The second kappa shape index (κ2) is 8.35. The molecule has 1 aromatic heterocycles. The summed E-state index contributed by atoms with van der Waals surface area (Å²) in [6, 6.07) is 9.45. The van der Waals surface area contributed by atoms with Crippen molar-refractivity contribution in [2.24, 2.45) is 5.92 Å². The van der Waals surface area contributed by atoms with E-state index in [1.54, 1.807) is 6.07 Å². The third-order valence-corrected chi connectivity index (χ3v) is 6.62. The molecule has 0 unspecified atom stereocenters. The van der Waals surface area contributed by atoms with Gasteiger partial charge in [0.1, 0.15) is 0 Å². The van der Waals surface area contributed by atoms with E-state index < -0.39 is 0 Å². The number of likely N-dealkylation sites (tertiary alicyclic amines) is 1. The first-order valence-electron chi connectivity index (χ1n) is 10.1. The first-order valence-corrected chi connectivity index (χ1v) is 11.0. The van der Waals surface area contributed by atoms with E-state index in [9.17, 15) is 9.59 Å². The molecule has 148 valence electrons. The van der Waals surface area contributed by atoms with Crippen LogP contribution in [0.5, 0.6) is 0 Å². The molecule has 2 amide bonds. The molecule has 0 saturated carbocycles. The zero-order valence-electron chi connectivity index (χ0n) is 16.3. The molecule has 2 aliphatic heterocycles. The molecule has 4 rings (SSSR count). The van der Waals surface area contributed by atoms with Gasteiger partial charge >= 0.3 is 0 Å². The van der Waals surface area contributed by atoms with Gasteiger partial charge in [-0.2, -0.15) is 0 Å². The first kappa shape index (κ1) is 19.0. The van der Waals surface area contributed by atoms with E-state index in [0.717, 1.165) is 63.5 Å². The molecule has 0 aliphatic carbocycles. The van der Waals surface area contributed by atoms with E-state index in [1.807, 2.05) is 34.5 Å². The van der Waals surface area contributed by atoms with E-state index >= 15 is 0 Å². The Hall–Kier alpha value is -2.34. The number of hydrogen-bond donors (Lipinski definition) is 1. The number of carbonyl (C=O) groups excluding carboxylic acids is 2. The van der Waals surface area contributed by atoms with Crippen LogP contribution in [0, 0.1) is 5.92 Å². The molecule has 0 bridgehead atoms. The molecule has 3 heterocycles. The van der Waals surface area contributed by atoms with Crippen LogP contribution in [0.2, 0.25) is 0 Å². The van der Waals surface area contributed by atoms with Crippen molar-refractivity contribution in [1.29, 1.82) is 0 Å². The van der Waals surface area contributed by atoms with Gasteiger partial charge in [-0.15, -0.1) is 11.3 Å². The zero-order valence-corrected chi connectivity index (χ0v) is 17.1. The summed E-state index contributed by atoms with van der Waals surface area (Å²) in [7, 11) is 0. The van der Waals surface area contributed by atoms with Crippen molar-refractivity contribution in [3.05, 3.63) is 46.2 Å². The topological polar surface area (TPSA) is 52.7 Å². The summed E-state index contributed by atoms with van der Waals surface area (Å²) < 4.78 is 0. The molecule has 2 aromatic rings. The molecule has 0 atom stereocenters. The van der Waals surface area contributed by atoms with Gasteiger partial charge in [0.15, 0.2) is 0 Å². The lowest BCUT2D eigenvalue weighted by atomic mass is 9.97. The Kier molecular flexibility index (Phi) is 5.67. The molecule has 0 spiro atoms. The largest absolute Gasteiger partial charge is 0.371 e. The number of nitrogens with zero attached hydrogens (tertiary/aromatic N) is 2. The van der Waals surface area contributed by atoms with Gasteiger partial charge in [-0.25, -0.2) is 0 Å². The Bertz CT molecular complexity index is 835. The van der Waals surface area contributed by atoms with Crippen LogP contribution in [0.3, 0.4) is 0 Å². The maximum absolute atomic E-state index is 13.2. The summed E-state index contributed by atoms with van der Waals surface area (Å²) in [5.74, 6) is 0.686. The minimum atomic E-state index is -0.130. The standard InChI is InChI=1S/C22H27N3O2S/c1-16-8-12-24(13-9-16)19-7-6-17(23-21(26)20-5-4-14-28-20)15-18(19)22(27)25-10-2-3-11-25/h4-7,14-16H,2-3,8-13H2,1H3,(H,23,26). The van der Waals surface area contributed by atoms with Crippen molar-refractivity contribution in [1.82, 2.24) is 4.90 Å². The smallest absolute Gasteiger partial charge is 0.265 e. The van der Waals surface area contributed by atoms with Crippen molar-refractivity contribution in [3.8, 4) is 0 Å². The van der Waals surface area contributed by atoms with Crippen LogP contribution in [0.15, 0.2) is 35.7 Å². The number of rotatable bonds is 4. The predicted octanol–water partition coefficient (Wildman–Crippen LogP) is 4.47. The Morgan fingerprint density at radius 1 is 1.07 bits per heavy atom. The van der Waals surface area contributed by atoms with E-state index in [0.29, 0.717) is 16.1 Å². The van der Waals surface area contributed by atoms with Crippen LogP contribution < -0.4 is 10.2 Å². The maximum Gasteiger partial charge on any atom is 0.265 e. The molecule has 5 nitrogen and oxygen atoms in total. The van der Waals surface area contributed by atoms with Crippen molar-refractivity contribution in [2.75, 3.05) is 36.4 Å². The summed E-state index contributed by atoms with van der Waals surface area (Å²) in [6.45, 7) is 5.88.